The number of aromatic amines is 1. The number of nitrogens with zero attached hydrogens (tertiary/aromatic N) is 5. The van der Waals surface area contributed by atoms with Crippen LogP contribution in [0.1, 0.15) is 0 Å². The van der Waals surface area contributed by atoms with Gasteiger partial charge >= 0.3 is 0 Å². The molecule has 132 valence electrons. The zero-order valence-corrected chi connectivity index (χ0v) is 14.6. The van der Waals surface area contributed by atoms with Crippen molar-refractivity contribution in [2.75, 3.05) is 43.1 Å². The zero-order valence-electron chi connectivity index (χ0n) is 13.8. The minimum atomic E-state index is -3.16. The van der Waals surface area contributed by atoms with Gasteiger partial charge in [-0.15, -0.1) is 0 Å². The van der Waals surface area contributed by atoms with Crippen LogP contribution in [0, 0.1) is 0 Å². The molecule has 10 heteroatoms. The maximum atomic E-state index is 11.7. The normalized spacial score (nSPS) is 16.6. The number of aromatic nitrogens is 4. The van der Waals surface area contributed by atoms with E-state index in [0.29, 0.717) is 37.6 Å². The van der Waals surface area contributed by atoms with Crippen LogP contribution in [-0.4, -0.2) is 64.7 Å². The summed E-state index contributed by atoms with van der Waals surface area (Å²) in [6, 6.07) is 5.60. The van der Waals surface area contributed by atoms with Gasteiger partial charge in [0.25, 0.3) is 0 Å². The molecule has 0 radical (unpaired) electrons. The first-order chi connectivity index (χ1) is 11.9. The molecule has 1 fully saturated rings. The molecule has 0 atom stereocenters. The first-order valence-corrected chi connectivity index (χ1v) is 9.76. The van der Waals surface area contributed by atoms with Crippen molar-refractivity contribution in [1.82, 2.24) is 23.9 Å². The maximum Gasteiger partial charge on any atom is 0.211 e. The Balaban J connectivity index is 1.70. The Bertz CT molecular complexity index is 1000. The first-order valence-electron chi connectivity index (χ1n) is 7.91. The number of piperazine rings is 1. The van der Waals surface area contributed by atoms with E-state index in [1.165, 1.54) is 10.6 Å². The topological polar surface area (TPSA) is 113 Å². The third kappa shape index (κ3) is 2.94. The van der Waals surface area contributed by atoms with E-state index in [1.54, 1.807) is 10.6 Å². The summed E-state index contributed by atoms with van der Waals surface area (Å²) in [4.78, 5) is 9.45. The number of sulfonamides is 1. The lowest BCUT2D eigenvalue weighted by Crippen LogP contribution is -2.48. The van der Waals surface area contributed by atoms with E-state index < -0.39 is 10.0 Å². The molecule has 0 unspecified atom stereocenters. The van der Waals surface area contributed by atoms with Gasteiger partial charge in [-0.2, -0.15) is 13.9 Å². The molecule has 0 aliphatic carbocycles. The Labute approximate surface area is 145 Å². The number of hydrogen-bond acceptors (Lipinski definition) is 6. The van der Waals surface area contributed by atoms with Crippen LogP contribution < -0.4 is 10.6 Å². The highest BCUT2D eigenvalue weighted by molar-refractivity contribution is 7.88. The van der Waals surface area contributed by atoms with Gasteiger partial charge in [-0.25, -0.2) is 13.4 Å². The summed E-state index contributed by atoms with van der Waals surface area (Å²) < 4.78 is 26.6. The van der Waals surface area contributed by atoms with Crippen LogP contribution in [0.3, 0.4) is 0 Å². The van der Waals surface area contributed by atoms with Crippen LogP contribution in [0.5, 0.6) is 0 Å². The lowest BCUT2D eigenvalue weighted by atomic mass is 10.2. The lowest BCUT2D eigenvalue weighted by molar-refractivity contribution is 0.386. The van der Waals surface area contributed by atoms with Gasteiger partial charge in [0.2, 0.25) is 10.0 Å². The summed E-state index contributed by atoms with van der Waals surface area (Å²) in [7, 11) is -3.16. The Hall–Kier alpha value is -2.59. The minimum Gasteiger partial charge on any atom is -0.384 e. The Morgan fingerprint density at radius 3 is 2.60 bits per heavy atom. The van der Waals surface area contributed by atoms with Crippen molar-refractivity contribution in [2.24, 2.45) is 0 Å². The molecule has 1 aliphatic rings. The molecule has 3 aromatic heterocycles. The SMILES string of the molecule is CS(=O)(=O)N1CCN(c2cc(N)nc3cc(-c4cc[nH]c4)nn23)CC1. The average Bonchev–Trinajstić information content (AvgIpc) is 3.22. The number of fused-ring (bicyclic) bond motifs is 1. The Morgan fingerprint density at radius 1 is 1.20 bits per heavy atom. The molecule has 3 aromatic rings. The zero-order chi connectivity index (χ0) is 17.6. The van der Waals surface area contributed by atoms with Crippen LogP contribution in [-0.2, 0) is 10.0 Å². The van der Waals surface area contributed by atoms with Crippen molar-refractivity contribution in [3.05, 3.63) is 30.6 Å². The molecule has 1 saturated heterocycles. The van der Waals surface area contributed by atoms with E-state index in [-0.39, 0.29) is 0 Å². The molecule has 9 nitrogen and oxygen atoms in total. The molecule has 3 N–H and O–H groups in total. The predicted octanol–water partition coefficient (Wildman–Crippen LogP) is 0.388. The standard InChI is InChI=1S/C15H19N7O2S/c1-25(23,24)21-6-4-20(5-7-21)15-9-13(16)18-14-8-12(19-22(14)15)11-2-3-17-10-11/h2-3,8-10,17H,4-7H2,1H3,(H2,16,18). The van der Waals surface area contributed by atoms with Gasteiger partial charge in [-0.1, -0.05) is 0 Å². The average molecular weight is 361 g/mol. The molecular formula is C15H19N7O2S. The second kappa shape index (κ2) is 5.74. The fourth-order valence-electron chi connectivity index (χ4n) is 3.08. The summed E-state index contributed by atoms with van der Waals surface area (Å²) in [5.74, 6) is 1.23. The van der Waals surface area contributed by atoms with Gasteiger partial charge in [-0.05, 0) is 6.07 Å². The highest BCUT2D eigenvalue weighted by atomic mass is 32.2. The van der Waals surface area contributed by atoms with Gasteiger partial charge in [0.1, 0.15) is 11.6 Å². The number of nitrogen functional groups attached to an aromatic ring is 1. The van der Waals surface area contributed by atoms with E-state index in [9.17, 15) is 8.42 Å². The van der Waals surface area contributed by atoms with Crippen molar-refractivity contribution < 1.29 is 8.42 Å². The molecular weight excluding hydrogens is 342 g/mol. The minimum absolute atomic E-state index is 0.411. The Kier molecular flexibility index (Phi) is 3.65. The van der Waals surface area contributed by atoms with Crippen molar-refractivity contribution in [2.45, 2.75) is 0 Å². The third-order valence-corrected chi connectivity index (χ3v) is 5.66. The number of anilines is 2. The van der Waals surface area contributed by atoms with Gasteiger partial charge in [-0.3, -0.25) is 0 Å². The van der Waals surface area contributed by atoms with Crippen LogP contribution in [0.4, 0.5) is 11.6 Å². The molecule has 4 heterocycles. The van der Waals surface area contributed by atoms with Crippen LogP contribution in [0.15, 0.2) is 30.6 Å². The number of rotatable bonds is 3. The molecule has 0 spiro atoms. The van der Waals surface area contributed by atoms with Gasteiger partial charge < -0.3 is 15.6 Å². The van der Waals surface area contributed by atoms with E-state index in [1.807, 2.05) is 24.5 Å². The molecule has 25 heavy (non-hydrogen) atoms. The summed E-state index contributed by atoms with van der Waals surface area (Å²) in [5, 5.41) is 4.64. The van der Waals surface area contributed by atoms with E-state index in [0.717, 1.165) is 17.1 Å². The van der Waals surface area contributed by atoms with Crippen molar-refractivity contribution in [1.29, 1.82) is 0 Å². The second-order valence-electron chi connectivity index (χ2n) is 6.09. The number of nitrogens with one attached hydrogen (secondary N) is 1. The highest BCUT2D eigenvalue weighted by Crippen LogP contribution is 2.25. The van der Waals surface area contributed by atoms with Gasteiger partial charge in [0, 0.05) is 56.3 Å². The molecule has 0 amide bonds. The Morgan fingerprint density at radius 2 is 1.96 bits per heavy atom. The number of H-pyrrole nitrogens is 1. The summed E-state index contributed by atoms with van der Waals surface area (Å²) in [6.45, 7) is 2.03. The van der Waals surface area contributed by atoms with E-state index in [2.05, 4.69) is 20.0 Å². The van der Waals surface area contributed by atoms with Gasteiger partial charge in [0.05, 0.1) is 11.9 Å². The quantitative estimate of drug-likeness (QED) is 0.698. The summed E-state index contributed by atoms with van der Waals surface area (Å²) in [5.41, 5.74) is 8.40. The second-order valence-corrected chi connectivity index (χ2v) is 8.07. The van der Waals surface area contributed by atoms with Crippen LogP contribution >= 0.6 is 0 Å². The molecule has 0 aromatic carbocycles. The van der Waals surface area contributed by atoms with Gasteiger partial charge in [0.15, 0.2) is 5.65 Å². The smallest absolute Gasteiger partial charge is 0.211 e. The number of hydrogen-bond donors (Lipinski definition) is 2. The third-order valence-electron chi connectivity index (χ3n) is 4.35. The molecule has 4 rings (SSSR count). The predicted molar refractivity (Wildman–Crippen MR) is 95.8 cm³/mol. The monoisotopic (exact) mass is 361 g/mol. The lowest BCUT2D eigenvalue weighted by Gasteiger charge is -2.34. The highest BCUT2D eigenvalue weighted by Gasteiger charge is 2.25. The summed E-state index contributed by atoms with van der Waals surface area (Å²) >= 11 is 0. The van der Waals surface area contributed by atoms with Crippen LogP contribution in [0.25, 0.3) is 16.9 Å². The summed E-state index contributed by atoms with van der Waals surface area (Å²) in [6.07, 6.45) is 4.95. The maximum absolute atomic E-state index is 11.7. The van der Waals surface area contributed by atoms with Crippen molar-refractivity contribution >= 4 is 27.3 Å². The number of nitrogens with two attached hydrogens (primary N) is 1. The van der Waals surface area contributed by atoms with Crippen molar-refractivity contribution in [3.63, 3.8) is 0 Å². The molecule has 0 saturated carbocycles. The largest absolute Gasteiger partial charge is 0.384 e. The first kappa shape index (κ1) is 15.9. The molecule has 0 bridgehead atoms. The molecule has 1 aliphatic heterocycles. The van der Waals surface area contributed by atoms with Crippen molar-refractivity contribution in [3.8, 4) is 11.3 Å². The van der Waals surface area contributed by atoms with E-state index in [4.69, 9.17) is 5.73 Å². The van der Waals surface area contributed by atoms with E-state index >= 15 is 0 Å². The van der Waals surface area contributed by atoms with Crippen LogP contribution in [0.2, 0.25) is 0 Å². The fraction of sp³-hybridized carbons (Fsp3) is 0.333. The fourth-order valence-corrected chi connectivity index (χ4v) is 3.90.